The summed E-state index contributed by atoms with van der Waals surface area (Å²) in [6.07, 6.45) is 1.69. The number of nitrogens with zero attached hydrogens (tertiary/aromatic N) is 2. The maximum Gasteiger partial charge on any atom is 0.252 e. The number of nitrogens with one attached hydrogen (secondary N) is 2. The Morgan fingerprint density at radius 2 is 2.28 bits per heavy atom. The normalized spacial score (nSPS) is 35.3. The quantitative estimate of drug-likeness (QED) is 0.755. The van der Waals surface area contributed by atoms with Crippen LogP contribution in [0.1, 0.15) is 33.6 Å². The Labute approximate surface area is 109 Å². The first kappa shape index (κ1) is 13.3. The van der Waals surface area contributed by atoms with Crippen LogP contribution in [0.3, 0.4) is 0 Å². The van der Waals surface area contributed by atoms with Gasteiger partial charge in [-0.3, -0.25) is 15.1 Å². The highest BCUT2D eigenvalue weighted by Crippen LogP contribution is 2.28. The number of aliphatic imine (C=N–C) groups is 1. The van der Waals surface area contributed by atoms with E-state index in [4.69, 9.17) is 0 Å². The van der Waals surface area contributed by atoms with Crippen molar-refractivity contribution in [3.63, 3.8) is 0 Å². The molecule has 0 aromatic carbocycles. The largest absolute Gasteiger partial charge is 0.342 e. The van der Waals surface area contributed by atoms with E-state index in [1.165, 1.54) is 0 Å². The van der Waals surface area contributed by atoms with Crippen LogP contribution in [0.2, 0.25) is 0 Å². The van der Waals surface area contributed by atoms with Crippen LogP contribution in [0, 0.1) is 5.92 Å². The summed E-state index contributed by atoms with van der Waals surface area (Å²) in [6, 6.07) is 0.418. The minimum absolute atomic E-state index is 0.0879. The van der Waals surface area contributed by atoms with Crippen molar-refractivity contribution in [1.29, 1.82) is 0 Å². The monoisotopic (exact) mass is 252 g/mol. The maximum atomic E-state index is 12.2. The van der Waals surface area contributed by atoms with Gasteiger partial charge in [-0.25, -0.2) is 0 Å². The van der Waals surface area contributed by atoms with Crippen molar-refractivity contribution < 1.29 is 4.79 Å². The molecule has 2 fully saturated rings. The summed E-state index contributed by atoms with van der Waals surface area (Å²) in [7, 11) is 2.11. The standard InChI is InChI=1S/C13H24N4O/c1-9(2)8-14-12-15-11(18)13(16-12)5-6-17(4)10(3)7-13/h9-10H,5-8H2,1-4H3,(H2,14,15,16,18). The molecule has 1 spiro atoms. The van der Waals surface area contributed by atoms with Gasteiger partial charge in [0.25, 0.3) is 5.91 Å². The topological polar surface area (TPSA) is 56.7 Å². The van der Waals surface area contributed by atoms with Gasteiger partial charge in [0.1, 0.15) is 5.54 Å². The van der Waals surface area contributed by atoms with E-state index in [1.54, 1.807) is 0 Å². The first-order valence-electron chi connectivity index (χ1n) is 6.77. The van der Waals surface area contributed by atoms with E-state index < -0.39 is 5.54 Å². The van der Waals surface area contributed by atoms with Gasteiger partial charge in [0.05, 0.1) is 0 Å². The van der Waals surface area contributed by atoms with Gasteiger partial charge >= 0.3 is 0 Å². The summed E-state index contributed by atoms with van der Waals surface area (Å²) in [5.41, 5.74) is -0.429. The molecule has 2 aliphatic heterocycles. The van der Waals surface area contributed by atoms with Crippen molar-refractivity contribution in [3.05, 3.63) is 0 Å². The summed E-state index contributed by atoms with van der Waals surface area (Å²) in [5.74, 6) is 1.25. The molecule has 0 radical (unpaired) electrons. The zero-order chi connectivity index (χ0) is 13.3. The van der Waals surface area contributed by atoms with Crippen molar-refractivity contribution in [2.24, 2.45) is 10.9 Å². The Kier molecular flexibility index (Phi) is 3.61. The second kappa shape index (κ2) is 4.88. The molecule has 0 aromatic heterocycles. The second-order valence-corrected chi connectivity index (χ2v) is 6.03. The molecular weight excluding hydrogens is 228 g/mol. The summed E-state index contributed by atoms with van der Waals surface area (Å²) in [6.45, 7) is 8.09. The lowest BCUT2D eigenvalue weighted by atomic mass is 9.84. The molecule has 2 rings (SSSR count). The van der Waals surface area contributed by atoms with Crippen molar-refractivity contribution in [1.82, 2.24) is 15.5 Å². The molecule has 5 nitrogen and oxygen atoms in total. The lowest BCUT2D eigenvalue weighted by Gasteiger charge is -2.40. The minimum Gasteiger partial charge on any atom is -0.342 e. The molecule has 2 atom stereocenters. The molecule has 0 aliphatic carbocycles. The van der Waals surface area contributed by atoms with Crippen molar-refractivity contribution in [2.45, 2.75) is 45.2 Å². The van der Waals surface area contributed by atoms with Crippen LogP contribution in [0.15, 0.2) is 4.99 Å². The number of carbonyl (C=O) groups excluding carboxylic acids is 1. The van der Waals surface area contributed by atoms with Gasteiger partial charge in [0, 0.05) is 19.1 Å². The van der Waals surface area contributed by atoms with E-state index >= 15 is 0 Å². The van der Waals surface area contributed by atoms with Gasteiger partial charge in [-0.1, -0.05) is 13.8 Å². The number of hydrogen-bond acceptors (Lipinski definition) is 3. The summed E-state index contributed by atoms with van der Waals surface area (Å²) in [4.78, 5) is 18.9. The van der Waals surface area contributed by atoms with E-state index in [0.717, 1.165) is 25.9 Å². The van der Waals surface area contributed by atoms with E-state index in [2.05, 4.69) is 48.3 Å². The molecular formula is C13H24N4O. The molecule has 0 saturated carbocycles. The van der Waals surface area contributed by atoms with Crippen LogP contribution >= 0.6 is 0 Å². The van der Waals surface area contributed by atoms with Crippen molar-refractivity contribution >= 4 is 11.9 Å². The molecule has 1 amide bonds. The SMILES string of the molecule is CC(C)CN=C1NC(=O)C2(CCN(C)C(C)C2)N1. The number of amides is 1. The fraction of sp³-hybridized carbons (Fsp3) is 0.846. The lowest BCUT2D eigenvalue weighted by Crippen LogP contribution is -2.57. The number of carbonyl (C=O) groups is 1. The Balaban J connectivity index is 2.07. The van der Waals surface area contributed by atoms with Crippen molar-refractivity contribution in [2.75, 3.05) is 20.1 Å². The van der Waals surface area contributed by atoms with Crippen LogP contribution in [-0.4, -0.2) is 48.5 Å². The summed E-state index contributed by atoms with van der Waals surface area (Å²) < 4.78 is 0. The van der Waals surface area contributed by atoms with Gasteiger partial charge in [-0.05, 0) is 32.7 Å². The molecule has 2 saturated heterocycles. The third-order valence-electron chi connectivity index (χ3n) is 3.93. The summed E-state index contributed by atoms with van der Waals surface area (Å²) in [5, 5.41) is 6.21. The second-order valence-electron chi connectivity index (χ2n) is 6.03. The third-order valence-corrected chi connectivity index (χ3v) is 3.93. The highest BCUT2D eigenvalue weighted by atomic mass is 16.2. The number of hydrogen-bond donors (Lipinski definition) is 2. The number of rotatable bonds is 2. The van der Waals surface area contributed by atoms with E-state index in [9.17, 15) is 4.79 Å². The van der Waals surface area contributed by atoms with Crippen LogP contribution in [0.25, 0.3) is 0 Å². The first-order chi connectivity index (χ1) is 8.43. The molecule has 2 aliphatic rings. The van der Waals surface area contributed by atoms with Crippen LogP contribution in [-0.2, 0) is 4.79 Å². The molecule has 2 heterocycles. The predicted octanol–water partition coefficient (Wildman–Crippen LogP) is 0.571. The van der Waals surface area contributed by atoms with Gasteiger partial charge < -0.3 is 10.2 Å². The number of guanidine groups is 1. The highest BCUT2D eigenvalue weighted by molar-refractivity contribution is 6.09. The van der Waals surface area contributed by atoms with Gasteiger partial charge in [0.2, 0.25) is 0 Å². The Morgan fingerprint density at radius 3 is 2.89 bits per heavy atom. The van der Waals surface area contributed by atoms with E-state index in [0.29, 0.717) is 17.9 Å². The Morgan fingerprint density at radius 1 is 1.56 bits per heavy atom. The number of likely N-dealkylation sites (tertiary alicyclic amines) is 1. The number of piperidine rings is 1. The molecule has 2 N–H and O–H groups in total. The molecule has 18 heavy (non-hydrogen) atoms. The highest BCUT2D eigenvalue weighted by Gasteiger charge is 2.48. The molecule has 102 valence electrons. The zero-order valence-electron chi connectivity index (χ0n) is 11.8. The van der Waals surface area contributed by atoms with Gasteiger partial charge in [0.15, 0.2) is 5.96 Å². The van der Waals surface area contributed by atoms with E-state index in [-0.39, 0.29) is 5.91 Å². The maximum absolute atomic E-state index is 12.2. The molecule has 5 heteroatoms. The van der Waals surface area contributed by atoms with E-state index in [1.807, 2.05) is 0 Å². The Bertz CT molecular complexity index is 366. The van der Waals surface area contributed by atoms with Crippen LogP contribution in [0.5, 0.6) is 0 Å². The minimum atomic E-state index is -0.429. The zero-order valence-corrected chi connectivity index (χ0v) is 11.8. The molecule has 2 unspecified atom stereocenters. The van der Waals surface area contributed by atoms with Gasteiger partial charge in [-0.2, -0.15) is 0 Å². The summed E-state index contributed by atoms with van der Waals surface area (Å²) >= 11 is 0. The molecule has 0 bridgehead atoms. The van der Waals surface area contributed by atoms with Gasteiger partial charge in [-0.15, -0.1) is 0 Å². The lowest BCUT2D eigenvalue weighted by molar-refractivity contribution is -0.126. The average molecular weight is 252 g/mol. The fourth-order valence-corrected chi connectivity index (χ4v) is 2.56. The fourth-order valence-electron chi connectivity index (χ4n) is 2.56. The predicted molar refractivity (Wildman–Crippen MR) is 72.5 cm³/mol. The first-order valence-corrected chi connectivity index (χ1v) is 6.77. The smallest absolute Gasteiger partial charge is 0.252 e. The Hall–Kier alpha value is -1.10. The third kappa shape index (κ3) is 2.51. The average Bonchev–Trinajstić information content (AvgIpc) is 2.59. The molecule has 0 aromatic rings. The van der Waals surface area contributed by atoms with Crippen molar-refractivity contribution in [3.8, 4) is 0 Å². The van der Waals surface area contributed by atoms with Crippen LogP contribution < -0.4 is 10.6 Å². The van der Waals surface area contributed by atoms with Crippen LogP contribution in [0.4, 0.5) is 0 Å².